The fourth-order valence-corrected chi connectivity index (χ4v) is 3.88. The first-order valence-electron chi connectivity index (χ1n) is 7.65. The molecule has 1 unspecified atom stereocenters. The van der Waals surface area contributed by atoms with E-state index < -0.39 is 15.8 Å². The fourth-order valence-electron chi connectivity index (χ4n) is 2.51. The maximum absolute atomic E-state index is 13.2. The summed E-state index contributed by atoms with van der Waals surface area (Å²) in [5.74, 6) is -0.316. The number of benzene rings is 2. The average molecular weight is 335 g/mol. The topological polar surface area (TPSA) is 46.2 Å². The summed E-state index contributed by atoms with van der Waals surface area (Å²) in [4.78, 5) is 0. The molecule has 3 nitrogen and oxygen atoms in total. The Morgan fingerprint density at radius 2 is 1.74 bits per heavy atom. The molecular formula is C18H22FNO2S. The molecule has 0 fully saturated rings. The second kappa shape index (κ2) is 7.70. The van der Waals surface area contributed by atoms with Crippen LogP contribution in [0, 0.1) is 11.7 Å². The standard InChI is InChI=1S/C18H22FNO2S/c1-14(2)11-18(16-8-4-3-5-9-16)20-23(21,22)13-15-7-6-10-17(19)12-15/h3-10,12,14,18,20H,11,13H2,1-2H3. The quantitative estimate of drug-likeness (QED) is 0.830. The SMILES string of the molecule is CC(C)CC(NS(=O)(=O)Cc1cccc(F)c1)c1ccccc1. The van der Waals surface area contributed by atoms with E-state index in [1.54, 1.807) is 6.07 Å². The van der Waals surface area contributed by atoms with Crippen molar-refractivity contribution in [2.24, 2.45) is 5.92 Å². The minimum Gasteiger partial charge on any atom is -0.212 e. The van der Waals surface area contributed by atoms with Crippen molar-refractivity contribution in [3.63, 3.8) is 0 Å². The van der Waals surface area contributed by atoms with E-state index in [-0.39, 0.29) is 11.8 Å². The third-order valence-corrected chi connectivity index (χ3v) is 4.83. The number of hydrogen-bond acceptors (Lipinski definition) is 2. The van der Waals surface area contributed by atoms with Gasteiger partial charge in [-0.3, -0.25) is 0 Å². The summed E-state index contributed by atoms with van der Waals surface area (Å²) < 4.78 is 40.9. The Balaban J connectivity index is 2.17. The Kier molecular flexibility index (Phi) is 5.91. The number of halogens is 1. The number of nitrogens with one attached hydrogen (secondary N) is 1. The Hall–Kier alpha value is -1.72. The third kappa shape index (κ3) is 5.77. The molecular weight excluding hydrogens is 313 g/mol. The largest absolute Gasteiger partial charge is 0.216 e. The van der Waals surface area contributed by atoms with Gasteiger partial charge in [0.1, 0.15) is 5.82 Å². The third-order valence-electron chi connectivity index (χ3n) is 3.48. The zero-order chi connectivity index (χ0) is 16.9. The van der Waals surface area contributed by atoms with Gasteiger partial charge in [-0.05, 0) is 35.6 Å². The van der Waals surface area contributed by atoms with Crippen LogP contribution in [0.4, 0.5) is 4.39 Å². The molecule has 2 rings (SSSR count). The molecule has 2 aromatic rings. The van der Waals surface area contributed by atoms with Gasteiger partial charge in [0, 0.05) is 6.04 Å². The zero-order valence-electron chi connectivity index (χ0n) is 13.4. The van der Waals surface area contributed by atoms with Crippen molar-refractivity contribution in [3.05, 3.63) is 71.5 Å². The van der Waals surface area contributed by atoms with E-state index in [4.69, 9.17) is 0 Å². The van der Waals surface area contributed by atoms with Gasteiger partial charge in [-0.25, -0.2) is 17.5 Å². The van der Waals surface area contributed by atoms with Crippen molar-refractivity contribution in [3.8, 4) is 0 Å². The van der Waals surface area contributed by atoms with Crippen LogP contribution in [0.15, 0.2) is 54.6 Å². The minimum absolute atomic E-state index is 0.230. The second-order valence-corrected chi connectivity index (χ2v) is 7.85. The Bertz CT molecular complexity index is 730. The number of sulfonamides is 1. The van der Waals surface area contributed by atoms with Crippen molar-refractivity contribution in [2.75, 3.05) is 0 Å². The van der Waals surface area contributed by atoms with Crippen LogP contribution < -0.4 is 4.72 Å². The highest BCUT2D eigenvalue weighted by atomic mass is 32.2. The predicted octanol–water partition coefficient (Wildman–Crippen LogP) is 4.03. The lowest BCUT2D eigenvalue weighted by molar-refractivity contribution is 0.471. The number of hydrogen-bond donors (Lipinski definition) is 1. The lowest BCUT2D eigenvalue weighted by atomic mass is 9.98. The van der Waals surface area contributed by atoms with Crippen molar-refractivity contribution in [1.29, 1.82) is 0 Å². The first-order chi connectivity index (χ1) is 10.9. The van der Waals surface area contributed by atoms with Crippen LogP contribution in [0.25, 0.3) is 0 Å². The molecule has 124 valence electrons. The molecule has 0 aromatic heterocycles. The number of rotatable bonds is 7. The molecule has 0 bridgehead atoms. The normalized spacial score (nSPS) is 13.2. The first kappa shape index (κ1) is 17.6. The smallest absolute Gasteiger partial charge is 0.212 e. The molecule has 2 aromatic carbocycles. The average Bonchev–Trinajstić information content (AvgIpc) is 2.46. The van der Waals surface area contributed by atoms with Crippen LogP contribution in [0.2, 0.25) is 0 Å². The highest BCUT2D eigenvalue weighted by Gasteiger charge is 2.21. The molecule has 0 radical (unpaired) electrons. The molecule has 0 amide bonds. The van der Waals surface area contributed by atoms with E-state index in [0.717, 1.165) is 5.56 Å². The van der Waals surface area contributed by atoms with Crippen molar-refractivity contribution < 1.29 is 12.8 Å². The van der Waals surface area contributed by atoms with E-state index >= 15 is 0 Å². The van der Waals surface area contributed by atoms with Gasteiger partial charge in [0.05, 0.1) is 5.75 Å². The lowest BCUT2D eigenvalue weighted by Crippen LogP contribution is -2.30. The van der Waals surface area contributed by atoms with E-state index in [9.17, 15) is 12.8 Å². The lowest BCUT2D eigenvalue weighted by Gasteiger charge is -2.21. The maximum atomic E-state index is 13.2. The molecule has 1 atom stereocenters. The van der Waals surface area contributed by atoms with E-state index in [0.29, 0.717) is 17.9 Å². The van der Waals surface area contributed by atoms with Crippen LogP contribution in [0.1, 0.15) is 37.4 Å². The summed E-state index contributed by atoms with van der Waals surface area (Å²) in [6.45, 7) is 4.10. The monoisotopic (exact) mass is 335 g/mol. The Morgan fingerprint density at radius 1 is 1.04 bits per heavy atom. The first-order valence-corrected chi connectivity index (χ1v) is 9.30. The van der Waals surface area contributed by atoms with Crippen LogP contribution in [-0.4, -0.2) is 8.42 Å². The van der Waals surface area contributed by atoms with Crippen LogP contribution in [0.3, 0.4) is 0 Å². The molecule has 23 heavy (non-hydrogen) atoms. The Morgan fingerprint density at radius 3 is 2.35 bits per heavy atom. The summed E-state index contributed by atoms with van der Waals surface area (Å²) in [5.41, 5.74) is 1.37. The van der Waals surface area contributed by atoms with Crippen molar-refractivity contribution in [2.45, 2.75) is 32.1 Å². The van der Waals surface area contributed by atoms with Gasteiger partial charge in [-0.2, -0.15) is 0 Å². The molecule has 0 saturated carbocycles. The molecule has 0 aliphatic rings. The molecule has 0 aliphatic heterocycles. The summed E-state index contributed by atoms with van der Waals surface area (Å²) >= 11 is 0. The van der Waals surface area contributed by atoms with Crippen LogP contribution >= 0.6 is 0 Å². The van der Waals surface area contributed by atoms with Gasteiger partial charge in [0.2, 0.25) is 10.0 Å². The van der Waals surface area contributed by atoms with E-state index in [2.05, 4.69) is 18.6 Å². The van der Waals surface area contributed by atoms with Gasteiger partial charge >= 0.3 is 0 Å². The molecule has 0 spiro atoms. The van der Waals surface area contributed by atoms with Crippen LogP contribution in [-0.2, 0) is 15.8 Å². The molecule has 0 heterocycles. The van der Waals surface area contributed by atoms with Gasteiger partial charge < -0.3 is 0 Å². The second-order valence-electron chi connectivity index (χ2n) is 6.10. The van der Waals surface area contributed by atoms with Gasteiger partial charge in [-0.15, -0.1) is 0 Å². The molecule has 0 saturated heterocycles. The predicted molar refractivity (Wildman–Crippen MR) is 90.8 cm³/mol. The fraction of sp³-hybridized carbons (Fsp3) is 0.333. The highest BCUT2D eigenvalue weighted by molar-refractivity contribution is 7.88. The van der Waals surface area contributed by atoms with Gasteiger partial charge in [0.25, 0.3) is 0 Å². The van der Waals surface area contributed by atoms with Gasteiger partial charge in [0.15, 0.2) is 0 Å². The molecule has 5 heteroatoms. The summed E-state index contributed by atoms with van der Waals surface area (Å²) in [7, 11) is -3.56. The maximum Gasteiger partial charge on any atom is 0.216 e. The van der Waals surface area contributed by atoms with Crippen molar-refractivity contribution in [1.82, 2.24) is 4.72 Å². The highest BCUT2D eigenvalue weighted by Crippen LogP contribution is 2.22. The summed E-state index contributed by atoms with van der Waals surface area (Å²) in [6.07, 6.45) is 0.701. The van der Waals surface area contributed by atoms with E-state index in [1.165, 1.54) is 18.2 Å². The van der Waals surface area contributed by atoms with Crippen LogP contribution in [0.5, 0.6) is 0 Å². The zero-order valence-corrected chi connectivity index (χ0v) is 14.2. The van der Waals surface area contributed by atoms with E-state index in [1.807, 2.05) is 30.3 Å². The summed E-state index contributed by atoms with van der Waals surface area (Å²) in [5, 5.41) is 0. The molecule has 0 aliphatic carbocycles. The Labute approximate surface area is 137 Å². The minimum atomic E-state index is -3.56. The molecule has 1 N–H and O–H groups in total. The summed E-state index contributed by atoms with van der Waals surface area (Å²) in [6, 6.07) is 14.9. The van der Waals surface area contributed by atoms with Gasteiger partial charge in [-0.1, -0.05) is 56.3 Å². The van der Waals surface area contributed by atoms with Crippen molar-refractivity contribution >= 4 is 10.0 Å².